The molecule has 0 saturated carbocycles. The molecule has 1 aromatic carbocycles. The Balaban J connectivity index is 2.36. The van der Waals surface area contributed by atoms with Crippen molar-refractivity contribution in [3.05, 3.63) is 23.8 Å². The Hall–Kier alpha value is -0.845. The fraction of sp³-hybridized carbons (Fsp3) is 0.571. The molecule has 0 amide bonds. The highest BCUT2D eigenvalue weighted by Crippen LogP contribution is 2.36. The predicted octanol–water partition coefficient (Wildman–Crippen LogP) is 1.70. The quantitative estimate of drug-likeness (QED) is 0.779. The molecule has 1 aliphatic rings. The second-order valence-electron chi connectivity index (χ2n) is 6.39. The van der Waals surface area contributed by atoms with Gasteiger partial charge in [-0.25, -0.2) is 8.42 Å². The number of sulfone groups is 1. The van der Waals surface area contributed by atoms with Gasteiger partial charge in [0.1, 0.15) is 0 Å². The first-order valence-electron chi connectivity index (χ1n) is 6.60. The molecule has 1 saturated heterocycles. The fourth-order valence-electron chi connectivity index (χ4n) is 2.21. The fourth-order valence-corrected chi connectivity index (χ4v) is 3.17. The van der Waals surface area contributed by atoms with Crippen LogP contribution in [0.3, 0.4) is 0 Å². The van der Waals surface area contributed by atoms with Crippen molar-refractivity contribution in [3.8, 4) is 0 Å². The molecule has 20 heavy (non-hydrogen) atoms. The van der Waals surface area contributed by atoms with Crippen LogP contribution in [0.15, 0.2) is 23.1 Å². The van der Waals surface area contributed by atoms with Gasteiger partial charge in [-0.15, -0.1) is 0 Å². The molecule has 1 fully saturated rings. The van der Waals surface area contributed by atoms with Gasteiger partial charge in [-0.05, 0) is 51.7 Å². The van der Waals surface area contributed by atoms with Gasteiger partial charge < -0.3 is 9.31 Å². The molecule has 0 N–H and O–H groups in total. The van der Waals surface area contributed by atoms with Crippen LogP contribution in [0.2, 0.25) is 0 Å². The molecule has 0 aliphatic carbocycles. The number of rotatable bonds is 2. The average molecular weight is 296 g/mol. The topological polar surface area (TPSA) is 52.6 Å². The standard InChI is InChI=1S/C14H21BO4S/c1-10-9-11(7-8-12(10)20(6,16)17)15-18-13(2,3)14(4,5)19-15/h7-9H,1-6H3. The van der Waals surface area contributed by atoms with Crippen LogP contribution in [0.5, 0.6) is 0 Å². The van der Waals surface area contributed by atoms with Crippen LogP contribution in [0.25, 0.3) is 0 Å². The lowest BCUT2D eigenvalue weighted by molar-refractivity contribution is 0.00578. The van der Waals surface area contributed by atoms with Crippen molar-refractivity contribution in [1.29, 1.82) is 0 Å². The summed E-state index contributed by atoms with van der Waals surface area (Å²) in [6.07, 6.45) is 1.21. The molecule has 0 spiro atoms. The molecule has 1 aliphatic heterocycles. The van der Waals surface area contributed by atoms with Gasteiger partial charge in [0.2, 0.25) is 0 Å². The highest BCUT2D eigenvalue weighted by molar-refractivity contribution is 7.90. The van der Waals surface area contributed by atoms with Gasteiger partial charge in [0.15, 0.2) is 9.84 Å². The maximum Gasteiger partial charge on any atom is 0.494 e. The van der Waals surface area contributed by atoms with Crippen LogP contribution in [-0.4, -0.2) is 33.0 Å². The zero-order valence-electron chi connectivity index (χ0n) is 12.9. The first-order chi connectivity index (χ1) is 8.94. The van der Waals surface area contributed by atoms with E-state index in [9.17, 15) is 8.42 Å². The predicted molar refractivity (Wildman–Crippen MR) is 80.0 cm³/mol. The molecule has 1 heterocycles. The van der Waals surface area contributed by atoms with Crippen LogP contribution in [0.1, 0.15) is 33.3 Å². The van der Waals surface area contributed by atoms with E-state index in [0.29, 0.717) is 10.5 Å². The lowest BCUT2D eigenvalue weighted by atomic mass is 9.78. The third-order valence-electron chi connectivity index (χ3n) is 4.12. The molecule has 0 atom stereocenters. The second-order valence-corrected chi connectivity index (χ2v) is 8.37. The van der Waals surface area contributed by atoms with Crippen molar-refractivity contribution in [3.63, 3.8) is 0 Å². The molecule has 0 bridgehead atoms. The highest BCUT2D eigenvalue weighted by Gasteiger charge is 2.51. The summed E-state index contributed by atoms with van der Waals surface area (Å²) < 4.78 is 35.2. The van der Waals surface area contributed by atoms with Gasteiger partial charge >= 0.3 is 7.12 Å². The van der Waals surface area contributed by atoms with E-state index in [2.05, 4.69) is 0 Å². The first-order valence-corrected chi connectivity index (χ1v) is 8.49. The van der Waals surface area contributed by atoms with E-state index < -0.39 is 28.2 Å². The summed E-state index contributed by atoms with van der Waals surface area (Å²) in [5.74, 6) is 0. The molecular formula is C14H21BO4S. The van der Waals surface area contributed by atoms with Crippen molar-refractivity contribution in [2.45, 2.75) is 50.7 Å². The van der Waals surface area contributed by atoms with Gasteiger partial charge in [-0.2, -0.15) is 0 Å². The Morgan fingerprint density at radius 3 is 1.95 bits per heavy atom. The van der Waals surface area contributed by atoms with Crippen LogP contribution >= 0.6 is 0 Å². The number of hydrogen-bond donors (Lipinski definition) is 0. The van der Waals surface area contributed by atoms with E-state index in [0.717, 1.165) is 5.46 Å². The summed E-state index contributed by atoms with van der Waals surface area (Å²) in [5, 5.41) is 0. The maximum atomic E-state index is 11.6. The molecule has 6 heteroatoms. The van der Waals surface area contributed by atoms with E-state index >= 15 is 0 Å². The third-order valence-corrected chi connectivity index (χ3v) is 5.38. The lowest BCUT2D eigenvalue weighted by Crippen LogP contribution is -2.41. The Kier molecular flexibility index (Phi) is 3.56. The monoisotopic (exact) mass is 296 g/mol. The van der Waals surface area contributed by atoms with Gasteiger partial charge in [-0.3, -0.25) is 0 Å². The summed E-state index contributed by atoms with van der Waals surface area (Å²) in [6.45, 7) is 9.75. The molecule has 110 valence electrons. The van der Waals surface area contributed by atoms with E-state index in [1.54, 1.807) is 19.1 Å². The Labute approximate surface area is 121 Å². The van der Waals surface area contributed by atoms with E-state index in [1.807, 2.05) is 33.8 Å². The van der Waals surface area contributed by atoms with Crippen molar-refractivity contribution in [2.24, 2.45) is 0 Å². The lowest BCUT2D eigenvalue weighted by Gasteiger charge is -2.32. The minimum absolute atomic E-state index is 0.345. The molecular weight excluding hydrogens is 275 g/mol. The summed E-state index contributed by atoms with van der Waals surface area (Å²) in [4.78, 5) is 0.345. The van der Waals surface area contributed by atoms with Crippen molar-refractivity contribution in [1.82, 2.24) is 0 Å². The Morgan fingerprint density at radius 1 is 1.05 bits per heavy atom. The van der Waals surface area contributed by atoms with Crippen LogP contribution in [0.4, 0.5) is 0 Å². The summed E-state index contributed by atoms with van der Waals surface area (Å²) >= 11 is 0. The number of benzene rings is 1. The smallest absolute Gasteiger partial charge is 0.399 e. The number of hydrogen-bond acceptors (Lipinski definition) is 4. The van der Waals surface area contributed by atoms with Crippen molar-refractivity contribution in [2.75, 3.05) is 6.26 Å². The third kappa shape index (κ3) is 2.64. The zero-order valence-corrected chi connectivity index (χ0v) is 13.7. The normalized spacial score (nSPS) is 21.2. The largest absolute Gasteiger partial charge is 0.494 e. The second kappa shape index (κ2) is 4.58. The number of aryl methyl sites for hydroxylation is 1. The molecule has 0 radical (unpaired) electrons. The van der Waals surface area contributed by atoms with Crippen molar-refractivity contribution < 1.29 is 17.7 Å². The molecule has 1 aromatic rings. The van der Waals surface area contributed by atoms with Gasteiger partial charge in [0.25, 0.3) is 0 Å². The minimum atomic E-state index is -3.20. The van der Waals surface area contributed by atoms with Crippen LogP contribution < -0.4 is 5.46 Å². The zero-order chi connectivity index (χ0) is 15.3. The average Bonchev–Trinajstić information content (AvgIpc) is 2.46. The van der Waals surface area contributed by atoms with E-state index in [1.165, 1.54) is 6.26 Å². The van der Waals surface area contributed by atoms with Crippen LogP contribution in [-0.2, 0) is 19.1 Å². The van der Waals surface area contributed by atoms with Gasteiger partial charge in [0.05, 0.1) is 16.1 Å². The highest BCUT2D eigenvalue weighted by atomic mass is 32.2. The summed E-state index contributed by atoms with van der Waals surface area (Å²) in [7, 11) is -3.67. The molecule has 0 unspecified atom stereocenters. The molecule has 0 aromatic heterocycles. The first kappa shape index (κ1) is 15.5. The van der Waals surface area contributed by atoms with Gasteiger partial charge in [-0.1, -0.05) is 12.1 Å². The SMILES string of the molecule is Cc1cc(B2OC(C)(C)C(C)(C)O2)ccc1S(C)(=O)=O. The molecule has 2 rings (SSSR count). The van der Waals surface area contributed by atoms with Crippen molar-refractivity contribution >= 4 is 22.4 Å². The van der Waals surface area contributed by atoms with Crippen LogP contribution in [0, 0.1) is 6.92 Å². The Bertz CT molecular complexity index is 619. The maximum absolute atomic E-state index is 11.6. The minimum Gasteiger partial charge on any atom is -0.399 e. The summed E-state index contributed by atoms with van der Waals surface area (Å²) in [6, 6.07) is 5.19. The Morgan fingerprint density at radius 2 is 1.55 bits per heavy atom. The van der Waals surface area contributed by atoms with E-state index in [-0.39, 0.29) is 0 Å². The van der Waals surface area contributed by atoms with E-state index in [4.69, 9.17) is 9.31 Å². The molecule has 4 nitrogen and oxygen atoms in total. The van der Waals surface area contributed by atoms with Gasteiger partial charge in [0, 0.05) is 6.26 Å². The summed E-state index contributed by atoms with van der Waals surface area (Å²) in [5.41, 5.74) is 0.746.